The Morgan fingerprint density at radius 3 is 0.535 bits per heavy atom. The van der Waals surface area contributed by atoms with Crippen LogP contribution in [0.4, 0.5) is 0 Å². The van der Waals surface area contributed by atoms with Gasteiger partial charge in [0.1, 0.15) is 0 Å². The molecular formula is C114H144. The van der Waals surface area contributed by atoms with Gasteiger partial charge in [0.25, 0.3) is 0 Å². The first-order valence-electron chi connectivity index (χ1n) is 44.6. The summed E-state index contributed by atoms with van der Waals surface area (Å²) in [6.45, 7) is 48.8. The highest BCUT2D eigenvalue weighted by molar-refractivity contribution is 5.85. The second-order valence-electron chi connectivity index (χ2n) is 34.5. The Labute approximate surface area is 695 Å². The molecule has 8 aromatic rings. The van der Waals surface area contributed by atoms with Crippen LogP contribution in [-0.2, 0) is 21.7 Å². The molecule has 0 radical (unpaired) electrons. The molecule has 0 bridgehead atoms. The maximum atomic E-state index is 3.93. The average molecular weight is 1510 g/mol. The first-order valence-corrected chi connectivity index (χ1v) is 44.6. The predicted octanol–water partition coefficient (Wildman–Crippen LogP) is 34.1. The van der Waals surface area contributed by atoms with Gasteiger partial charge in [0, 0.05) is 21.7 Å². The summed E-state index contributed by atoms with van der Waals surface area (Å²) in [6, 6.07) is 56.8. The molecule has 0 atom stereocenters. The minimum absolute atomic E-state index is 0.118. The van der Waals surface area contributed by atoms with E-state index in [4.69, 9.17) is 0 Å². The third kappa shape index (κ3) is 22.0. The van der Waals surface area contributed by atoms with Crippen molar-refractivity contribution in [1.29, 1.82) is 0 Å². The van der Waals surface area contributed by atoms with E-state index in [0.29, 0.717) is 0 Å². The lowest BCUT2D eigenvalue weighted by Crippen LogP contribution is -2.25. The van der Waals surface area contributed by atoms with Gasteiger partial charge in [-0.15, -0.1) is 39.5 Å². The van der Waals surface area contributed by atoms with E-state index in [-0.39, 0.29) is 21.7 Å². The fourth-order valence-corrected chi connectivity index (χ4v) is 20.0. The van der Waals surface area contributed by atoms with Crippen LogP contribution in [0, 0.1) is 55.4 Å². The molecule has 0 saturated carbocycles. The largest absolute Gasteiger partial charge is 0.103 e. The summed E-state index contributed by atoms with van der Waals surface area (Å²) in [4.78, 5) is 0. The van der Waals surface area contributed by atoms with Gasteiger partial charge in [-0.25, -0.2) is 0 Å². The van der Waals surface area contributed by atoms with Gasteiger partial charge in [-0.3, -0.25) is 0 Å². The minimum Gasteiger partial charge on any atom is -0.103 e. The van der Waals surface area contributed by atoms with Gasteiger partial charge in [-0.1, -0.05) is 340 Å². The van der Waals surface area contributed by atoms with Crippen molar-refractivity contribution < 1.29 is 0 Å². The Balaban J connectivity index is 0.000000175. The standard InChI is InChI=1S/C31H42.C29H38.C29H34.C25H30/c1-5-7-9-11-13-15-21-31(22-16-14-12-10-8-6-2)29-23-25(3)17-19-27(29)28-20-18-26(4)24-30(28)31;2*1-5-7-9-11-13-19-29(20-14-12-10-8-6-2)27-21-23(3)15-17-25(27)26-18-16-24(4)22-28(26)29;1-5-7-9-15-25(16-10-8-6-2)23-17-19(3)11-13-21(23)22-14-12-20(4)18-24(22)25/h5-6,17-20,23-24H,1-2,7-16,21-22H2,3-4H3;5-6,15-18,21-22H,1-2,7-14,19-20H2,3-4H3;5-10,15-18,21-22H,1-2,11-14,19-20H2,3-4H3;5-6,11-14,17-18H,1-2,7-10,15-16H2,3-4H3/b;;9-7+,10-8+;. The highest BCUT2D eigenvalue weighted by atomic mass is 14.5. The van der Waals surface area contributed by atoms with Crippen molar-refractivity contribution in [3.8, 4) is 44.5 Å². The number of rotatable bonds is 44. The van der Waals surface area contributed by atoms with Crippen molar-refractivity contribution >= 4 is 0 Å². The summed E-state index contributed by atoms with van der Waals surface area (Å²) >= 11 is 0. The number of unbranched alkanes of at least 4 members (excludes halogenated alkanes) is 18. The summed E-state index contributed by atoms with van der Waals surface area (Å²) < 4.78 is 0. The molecule has 600 valence electrons. The molecule has 0 heterocycles. The summed E-state index contributed by atoms with van der Waals surface area (Å²) in [6.07, 6.45) is 66.5. The summed E-state index contributed by atoms with van der Waals surface area (Å²) in [5.41, 5.74) is 35.9. The van der Waals surface area contributed by atoms with Crippen LogP contribution in [0.15, 0.2) is 271 Å². The maximum absolute atomic E-state index is 3.93. The molecule has 4 aliphatic carbocycles. The molecule has 0 fully saturated rings. The average Bonchev–Trinajstić information content (AvgIpc) is 1.59. The van der Waals surface area contributed by atoms with E-state index in [0.717, 1.165) is 51.4 Å². The van der Waals surface area contributed by atoms with E-state index in [1.165, 1.54) is 256 Å². The van der Waals surface area contributed by atoms with Crippen LogP contribution >= 0.6 is 0 Å². The second kappa shape index (κ2) is 44.9. The molecule has 0 nitrogen and oxygen atoms in total. The molecule has 8 aromatic carbocycles. The van der Waals surface area contributed by atoms with Gasteiger partial charge in [-0.05, 0) is 299 Å². The number of hydrogen-bond acceptors (Lipinski definition) is 0. The molecule has 4 aliphatic rings. The first-order chi connectivity index (χ1) is 55.5. The monoisotopic (exact) mass is 1510 g/mol. The van der Waals surface area contributed by atoms with E-state index in [9.17, 15) is 0 Å². The van der Waals surface area contributed by atoms with E-state index >= 15 is 0 Å². The Hall–Kier alpha value is -8.84. The molecule has 114 heavy (non-hydrogen) atoms. The van der Waals surface area contributed by atoms with Crippen LogP contribution in [0.2, 0.25) is 0 Å². The zero-order chi connectivity index (χ0) is 81.4. The first kappa shape index (κ1) is 89.1. The van der Waals surface area contributed by atoms with Crippen LogP contribution in [0.5, 0.6) is 0 Å². The minimum atomic E-state index is 0.118. The number of allylic oxidation sites excluding steroid dienone is 12. The summed E-state index contributed by atoms with van der Waals surface area (Å²) in [5, 5.41) is 0. The number of hydrogen-bond donors (Lipinski definition) is 0. The normalized spacial score (nSPS) is 13.9. The highest BCUT2D eigenvalue weighted by Gasteiger charge is 2.46. The molecule has 0 unspecified atom stereocenters. The summed E-state index contributed by atoms with van der Waals surface area (Å²) in [5.74, 6) is 0. The maximum Gasteiger partial charge on any atom is 0.0215 e. The predicted molar refractivity (Wildman–Crippen MR) is 505 cm³/mol. The fourth-order valence-electron chi connectivity index (χ4n) is 20.0. The van der Waals surface area contributed by atoms with Gasteiger partial charge >= 0.3 is 0 Å². The quantitative estimate of drug-likeness (QED) is 0.0203. The van der Waals surface area contributed by atoms with Gasteiger partial charge in [0.15, 0.2) is 0 Å². The Kier molecular flexibility index (Phi) is 35.1. The lowest BCUT2D eigenvalue weighted by molar-refractivity contribution is 0.399. The van der Waals surface area contributed by atoms with Crippen LogP contribution in [0.25, 0.3) is 44.5 Å². The van der Waals surface area contributed by atoms with Crippen molar-refractivity contribution in [2.24, 2.45) is 0 Å². The third-order valence-electron chi connectivity index (χ3n) is 25.7. The van der Waals surface area contributed by atoms with Crippen molar-refractivity contribution in [3.05, 3.63) is 360 Å². The van der Waals surface area contributed by atoms with E-state index in [1.54, 1.807) is 44.5 Å². The third-order valence-corrected chi connectivity index (χ3v) is 25.7. The van der Waals surface area contributed by atoms with E-state index < -0.39 is 0 Å². The van der Waals surface area contributed by atoms with Crippen LogP contribution in [-0.4, -0.2) is 0 Å². The smallest absolute Gasteiger partial charge is 0.0215 e. The lowest BCUT2D eigenvalue weighted by atomic mass is 9.70. The zero-order valence-corrected chi connectivity index (χ0v) is 72.5. The van der Waals surface area contributed by atoms with Crippen LogP contribution in [0.1, 0.15) is 307 Å². The SMILES string of the molecule is C=C/C=C/CCCC1(CCC/C=C/C=C)c2cc(C)ccc2-c2ccc(C)cc21.C=CCCCC1(CCCC=C)c2cc(C)ccc2-c2ccc(C)cc21.C=CCCCCCC1(CCCCCC=C)c2cc(C)ccc2-c2ccc(C)cc21.C=CCCCCCCC1(CCCCCCC=C)c2cc(C)ccc2-c2ccc(C)cc21. The molecule has 0 saturated heterocycles. The highest BCUT2D eigenvalue weighted by Crippen LogP contribution is 2.59. The molecule has 12 rings (SSSR count). The molecule has 0 spiro atoms. The van der Waals surface area contributed by atoms with E-state index in [1.807, 2.05) is 12.2 Å². The molecule has 0 heteroatoms. The van der Waals surface area contributed by atoms with Gasteiger partial charge in [0.2, 0.25) is 0 Å². The van der Waals surface area contributed by atoms with Gasteiger partial charge in [0.05, 0.1) is 0 Å². The summed E-state index contributed by atoms with van der Waals surface area (Å²) in [7, 11) is 0. The zero-order valence-electron chi connectivity index (χ0n) is 72.5. The Bertz CT molecular complexity index is 4280. The van der Waals surface area contributed by atoms with E-state index in [2.05, 4.69) is 314 Å². The molecule has 0 aromatic heterocycles. The topological polar surface area (TPSA) is 0 Å². The molecular weight excluding hydrogens is 1370 g/mol. The Morgan fingerprint density at radius 1 is 0.193 bits per heavy atom. The molecule has 0 N–H and O–H groups in total. The fraction of sp³-hybridized carbons (Fsp3) is 0.404. The number of fused-ring (bicyclic) bond motifs is 12. The van der Waals surface area contributed by atoms with Crippen molar-refractivity contribution in [3.63, 3.8) is 0 Å². The second-order valence-corrected chi connectivity index (χ2v) is 34.5. The lowest BCUT2D eigenvalue weighted by Gasteiger charge is -2.33. The van der Waals surface area contributed by atoms with Crippen molar-refractivity contribution in [2.45, 2.75) is 295 Å². The van der Waals surface area contributed by atoms with Crippen molar-refractivity contribution in [1.82, 2.24) is 0 Å². The van der Waals surface area contributed by atoms with Crippen LogP contribution < -0.4 is 0 Å². The van der Waals surface area contributed by atoms with Crippen LogP contribution in [0.3, 0.4) is 0 Å². The van der Waals surface area contributed by atoms with Gasteiger partial charge in [-0.2, -0.15) is 0 Å². The number of aryl methyl sites for hydroxylation is 8. The molecule has 0 amide bonds. The van der Waals surface area contributed by atoms with Crippen molar-refractivity contribution in [2.75, 3.05) is 0 Å². The number of benzene rings is 8. The van der Waals surface area contributed by atoms with Gasteiger partial charge < -0.3 is 0 Å². The molecule has 0 aliphatic heterocycles. The Morgan fingerprint density at radius 2 is 0.351 bits per heavy atom.